The van der Waals surface area contributed by atoms with E-state index in [0.29, 0.717) is 0 Å². The molecular formula is C30H62. The average molecular weight is 423 g/mol. The van der Waals surface area contributed by atoms with Crippen LogP contribution in [-0.4, -0.2) is 0 Å². The lowest BCUT2D eigenvalue weighted by Crippen LogP contribution is -1.97. The van der Waals surface area contributed by atoms with Crippen molar-refractivity contribution >= 4 is 0 Å². The van der Waals surface area contributed by atoms with Gasteiger partial charge in [-0.1, -0.05) is 182 Å². The minimum atomic E-state index is 0.962. The van der Waals surface area contributed by atoms with Crippen LogP contribution in [0.1, 0.15) is 182 Å². The van der Waals surface area contributed by atoms with E-state index in [4.69, 9.17) is 0 Å². The zero-order valence-electron chi connectivity index (χ0n) is 22.1. The lowest BCUT2D eigenvalue weighted by Gasteiger charge is -2.13. The third-order valence-electron chi connectivity index (χ3n) is 7.24. The molecule has 0 saturated carbocycles. The predicted octanol–water partition coefficient (Wildman–Crippen LogP) is 11.7. The largest absolute Gasteiger partial charge is 0.0654 e. The van der Waals surface area contributed by atoms with E-state index in [2.05, 4.69) is 27.7 Å². The van der Waals surface area contributed by atoms with Gasteiger partial charge in [-0.3, -0.25) is 0 Å². The molecule has 0 N–H and O–H groups in total. The molecule has 2 atom stereocenters. The molecule has 0 heteroatoms. The Labute approximate surface area is 193 Å². The van der Waals surface area contributed by atoms with Crippen LogP contribution in [0.2, 0.25) is 0 Å². The van der Waals surface area contributed by atoms with Gasteiger partial charge in [0.1, 0.15) is 0 Å². The van der Waals surface area contributed by atoms with Crippen molar-refractivity contribution in [2.45, 2.75) is 182 Å². The Morgan fingerprint density at radius 1 is 0.300 bits per heavy atom. The standard InChI is InChI=1S/C30H62/c1-5-7-9-11-12-13-14-15-16-17-19-22-26-30(4)28-24-20-23-27-29(3)25-21-18-10-8-6-2/h29-30H,5-28H2,1-4H3. The minimum Gasteiger partial charge on any atom is -0.0654 e. The molecule has 0 fully saturated rings. The number of hydrogen-bond acceptors (Lipinski definition) is 0. The molecule has 0 radical (unpaired) electrons. The van der Waals surface area contributed by atoms with E-state index < -0.39 is 0 Å². The van der Waals surface area contributed by atoms with Gasteiger partial charge in [0.25, 0.3) is 0 Å². The molecule has 0 bridgehead atoms. The van der Waals surface area contributed by atoms with Crippen LogP contribution in [-0.2, 0) is 0 Å². The fraction of sp³-hybridized carbons (Fsp3) is 1.00. The average Bonchev–Trinajstić information content (AvgIpc) is 2.74. The molecule has 30 heavy (non-hydrogen) atoms. The van der Waals surface area contributed by atoms with Crippen molar-refractivity contribution in [2.75, 3.05) is 0 Å². The van der Waals surface area contributed by atoms with Gasteiger partial charge in [0.15, 0.2) is 0 Å². The summed E-state index contributed by atoms with van der Waals surface area (Å²) in [5.74, 6) is 1.93. The van der Waals surface area contributed by atoms with Gasteiger partial charge in [-0.25, -0.2) is 0 Å². The highest BCUT2D eigenvalue weighted by Crippen LogP contribution is 2.21. The third-order valence-corrected chi connectivity index (χ3v) is 7.24. The number of hydrogen-bond donors (Lipinski definition) is 0. The Bertz CT molecular complexity index is 294. The second-order valence-corrected chi connectivity index (χ2v) is 10.7. The first kappa shape index (κ1) is 30.0. The molecular weight excluding hydrogens is 360 g/mol. The summed E-state index contributed by atoms with van der Waals surface area (Å²) in [6.45, 7) is 9.59. The van der Waals surface area contributed by atoms with Crippen molar-refractivity contribution in [1.82, 2.24) is 0 Å². The van der Waals surface area contributed by atoms with Gasteiger partial charge in [0.05, 0.1) is 0 Å². The van der Waals surface area contributed by atoms with Crippen LogP contribution in [0.4, 0.5) is 0 Å². The molecule has 0 aliphatic carbocycles. The molecule has 0 heterocycles. The Kier molecular flexibility index (Phi) is 25.3. The highest BCUT2D eigenvalue weighted by molar-refractivity contribution is 4.58. The molecule has 2 unspecified atom stereocenters. The summed E-state index contributed by atoms with van der Waals surface area (Å²) in [6.07, 6.45) is 35.1. The molecule has 0 amide bonds. The second kappa shape index (κ2) is 25.3. The fourth-order valence-corrected chi connectivity index (χ4v) is 4.88. The Morgan fingerprint density at radius 3 is 0.767 bits per heavy atom. The van der Waals surface area contributed by atoms with Crippen molar-refractivity contribution in [3.63, 3.8) is 0 Å². The number of unbranched alkanes of at least 4 members (excludes halogenated alkanes) is 17. The molecule has 0 spiro atoms. The molecule has 0 aliphatic rings. The zero-order chi connectivity index (χ0) is 22.1. The highest BCUT2D eigenvalue weighted by Gasteiger charge is 2.04. The van der Waals surface area contributed by atoms with E-state index in [9.17, 15) is 0 Å². The van der Waals surface area contributed by atoms with Gasteiger partial charge < -0.3 is 0 Å². The van der Waals surface area contributed by atoms with Crippen molar-refractivity contribution in [3.05, 3.63) is 0 Å². The summed E-state index contributed by atoms with van der Waals surface area (Å²) >= 11 is 0. The van der Waals surface area contributed by atoms with E-state index >= 15 is 0 Å². The SMILES string of the molecule is CCCCCCCCCCCCCCC(C)CCCCCC(C)CCCCCCC. The van der Waals surface area contributed by atoms with E-state index in [1.54, 1.807) is 0 Å². The van der Waals surface area contributed by atoms with E-state index in [1.165, 1.54) is 154 Å². The first-order valence-corrected chi connectivity index (χ1v) is 14.7. The maximum Gasteiger partial charge on any atom is -0.0443 e. The van der Waals surface area contributed by atoms with Crippen molar-refractivity contribution < 1.29 is 0 Å². The molecule has 0 aromatic heterocycles. The first-order valence-electron chi connectivity index (χ1n) is 14.7. The van der Waals surface area contributed by atoms with E-state index in [0.717, 1.165) is 11.8 Å². The maximum absolute atomic E-state index is 2.50. The molecule has 0 aromatic carbocycles. The molecule has 182 valence electrons. The molecule has 0 nitrogen and oxygen atoms in total. The molecule has 0 aliphatic heterocycles. The highest BCUT2D eigenvalue weighted by atomic mass is 14.1. The van der Waals surface area contributed by atoms with E-state index in [1.807, 2.05) is 0 Å². The van der Waals surface area contributed by atoms with Crippen molar-refractivity contribution in [3.8, 4) is 0 Å². The van der Waals surface area contributed by atoms with Crippen LogP contribution >= 0.6 is 0 Å². The third kappa shape index (κ3) is 24.3. The smallest absolute Gasteiger partial charge is 0.0443 e. The van der Waals surface area contributed by atoms with Crippen LogP contribution in [0, 0.1) is 11.8 Å². The van der Waals surface area contributed by atoms with Crippen molar-refractivity contribution in [1.29, 1.82) is 0 Å². The number of rotatable bonds is 25. The van der Waals surface area contributed by atoms with Crippen LogP contribution in [0.5, 0.6) is 0 Å². The summed E-state index contributed by atoms with van der Waals surface area (Å²) in [5, 5.41) is 0. The predicted molar refractivity (Wildman–Crippen MR) is 140 cm³/mol. The fourth-order valence-electron chi connectivity index (χ4n) is 4.88. The Morgan fingerprint density at radius 2 is 0.500 bits per heavy atom. The van der Waals surface area contributed by atoms with Crippen LogP contribution in [0.25, 0.3) is 0 Å². The second-order valence-electron chi connectivity index (χ2n) is 10.7. The van der Waals surface area contributed by atoms with Crippen LogP contribution < -0.4 is 0 Å². The molecule has 0 saturated heterocycles. The quantitative estimate of drug-likeness (QED) is 0.128. The van der Waals surface area contributed by atoms with Gasteiger partial charge >= 0.3 is 0 Å². The molecule has 0 aromatic rings. The van der Waals surface area contributed by atoms with Crippen molar-refractivity contribution in [2.24, 2.45) is 11.8 Å². The summed E-state index contributed by atoms with van der Waals surface area (Å²) in [7, 11) is 0. The Balaban J connectivity index is 3.24. The monoisotopic (exact) mass is 422 g/mol. The topological polar surface area (TPSA) is 0 Å². The van der Waals surface area contributed by atoms with Crippen LogP contribution in [0.15, 0.2) is 0 Å². The lowest BCUT2D eigenvalue weighted by atomic mass is 9.93. The van der Waals surface area contributed by atoms with Gasteiger partial charge in [0.2, 0.25) is 0 Å². The normalized spacial score (nSPS) is 13.6. The maximum atomic E-state index is 2.50. The summed E-state index contributed by atoms with van der Waals surface area (Å²) in [6, 6.07) is 0. The molecule has 0 rings (SSSR count). The van der Waals surface area contributed by atoms with Crippen LogP contribution in [0.3, 0.4) is 0 Å². The summed E-state index contributed by atoms with van der Waals surface area (Å²) < 4.78 is 0. The van der Waals surface area contributed by atoms with Gasteiger partial charge in [-0.15, -0.1) is 0 Å². The van der Waals surface area contributed by atoms with Gasteiger partial charge in [-0.2, -0.15) is 0 Å². The lowest BCUT2D eigenvalue weighted by molar-refractivity contribution is 0.407. The Hall–Kier alpha value is 0. The first-order chi connectivity index (χ1) is 14.7. The summed E-state index contributed by atoms with van der Waals surface area (Å²) in [5.41, 5.74) is 0. The zero-order valence-corrected chi connectivity index (χ0v) is 22.1. The minimum absolute atomic E-state index is 0.962. The van der Waals surface area contributed by atoms with E-state index in [-0.39, 0.29) is 0 Å². The summed E-state index contributed by atoms with van der Waals surface area (Å²) in [4.78, 5) is 0. The van der Waals surface area contributed by atoms with Gasteiger partial charge in [-0.05, 0) is 11.8 Å². The van der Waals surface area contributed by atoms with Gasteiger partial charge in [0, 0.05) is 0 Å².